The number of hydrogen-bond acceptors (Lipinski definition) is 13. The van der Waals surface area contributed by atoms with E-state index in [2.05, 4.69) is 81.6 Å². The van der Waals surface area contributed by atoms with E-state index in [1.54, 1.807) is 54.6 Å². The molecule has 0 bridgehead atoms. The topological polar surface area (TPSA) is 223 Å². The first-order valence-electron chi connectivity index (χ1n) is 22.9. The molecule has 10 rings (SSSR count). The van der Waals surface area contributed by atoms with Crippen molar-refractivity contribution in [2.45, 2.75) is 63.2 Å². The molecular formula is C50H44F8N12O5S3. The number of hydrogen-bond donors (Lipinski definition) is 4. The van der Waals surface area contributed by atoms with E-state index in [-0.39, 0.29) is 86.5 Å². The zero-order chi connectivity index (χ0) is 55.8. The fourth-order valence-electron chi connectivity index (χ4n) is 8.78. The average molecular weight is 1140 g/mol. The zero-order valence-corrected chi connectivity index (χ0v) is 43.0. The van der Waals surface area contributed by atoms with Crippen LogP contribution in [-0.2, 0) is 60.7 Å². The number of carbonyl (C=O) groups is 2. The van der Waals surface area contributed by atoms with Crippen molar-refractivity contribution in [3.05, 3.63) is 200 Å². The van der Waals surface area contributed by atoms with Crippen LogP contribution in [0.15, 0.2) is 120 Å². The summed E-state index contributed by atoms with van der Waals surface area (Å²) < 4.78 is 108. The van der Waals surface area contributed by atoms with E-state index < -0.39 is 53.6 Å². The maximum atomic E-state index is 14.9. The predicted octanol–water partition coefficient (Wildman–Crippen LogP) is 8.01. The molecule has 0 radical (unpaired) electrons. The average Bonchev–Trinajstić information content (AvgIpc) is 4.13. The number of aromatic amines is 2. The van der Waals surface area contributed by atoms with Gasteiger partial charge >= 0.3 is 18.3 Å². The van der Waals surface area contributed by atoms with E-state index in [9.17, 15) is 54.3 Å². The lowest BCUT2D eigenvalue weighted by Gasteiger charge is -2.35. The molecule has 0 aliphatic carbocycles. The van der Waals surface area contributed by atoms with E-state index in [4.69, 9.17) is 5.11 Å². The monoisotopic (exact) mass is 1140 g/mol. The Labute approximate surface area is 453 Å². The van der Waals surface area contributed by atoms with Crippen molar-refractivity contribution in [3.8, 4) is 0 Å². The summed E-state index contributed by atoms with van der Waals surface area (Å²) in [6.45, 7) is 7.63. The Hall–Kier alpha value is -7.95. The second-order valence-corrected chi connectivity index (χ2v) is 17.0. The zero-order valence-electron chi connectivity index (χ0n) is 40.4. The van der Waals surface area contributed by atoms with Crippen molar-refractivity contribution in [1.29, 1.82) is 0 Å². The maximum absolute atomic E-state index is 14.9. The van der Waals surface area contributed by atoms with Gasteiger partial charge in [0.1, 0.15) is 11.6 Å². The number of carbonyl (C=O) groups excluding carboxylic acids is 1. The Morgan fingerprint density at radius 1 is 0.654 bits per heavy atom. The predicted molar refractivity (Wildman–Crippen MR) is 279 cm³/mol. The van der Waals surface area contributed by atoms with Crippen LogP contribution in [0.1, 0.15) is 91.5 Å². The number of alkyl halides is 6. The molecule has 2 aliphatic heterocycles. The van der Waals surface area contributed by atoms with Gasteiger partial charge in [0.05, 0.1) is 45.4 Å². The summed E-state index contributed by atoms with van der Waals surface area (Å²) in [5.41, 5.74) is 1.06. The lowest BCUT2D eigenvalue weighted by Crippen LogP contribution is -2.43. The molecule has 0 saturated heterocycles. The number of H-pyrrole nitrogens is 2. The fourth-order valence-corrected chi connectivity index (χ4v) is 8.78. The van der Waals surface area contributed by atoms with Crippen LogP contribution in [0.25, 0.3) is 21.5 Å². The first kappa shape index (κ1) is 59.3. The van der Waals surface area contributed by atoms with Crippen LogP contribution in [0.3, 0.4) is 0 Å². The molecule has 6 heterocycles. The molecular weight excluding hydrogens is 1100 g/mol. The van der Waals surface area contributed by atoms with E-state index in [1.807, 2.05) is 0 Å². The molecule has 78 heavy (non-hydrogen) atoms. The Morgan fingerprint density at radius 3 is 1.60 bits per heavy atom. The molecule has 8 aromatic rings. The van der Waals surface area contributed by atoms with Gasteiger partial charge in [-0.2, -0.15) is 50.0 Å². The summed E-state index contributed by atoms with van der Waals surface area (Å²) in [5, 5.41) is 41.1. The lowest BCUT2D eigenvalue weighted by atomic mass is 10.0. The first-order valence-corrected chi connectivity index (χ1v) is 24.3. The number of nitrogens with zero attached hydrogens (tertiary/aromatic N) is 9. The number of amides is 1. The normalized spacial score (nSPS) is 14.7. The van der Waals surface area contributed by atoms with Gasteiger partial charge in [0.15, 0.2) is 11.6 Å². The summed E-state index contributed by atoms with van der Waals surface area (Å²) >= 11 is 7.33. The molecule has 28 heteroatoms. The second-order valence-electron chi connectivity index (χ2n) is 17.0. The number of fused-ring (bicyclic) bond motifs is 4. The number of nitrogens with one attached hydrogen (secondary N) is 3. The van der Waals surface area contributed by atoms with E-state index >= 15 is 0 Å². The SMILES string of the molecule is C=CCC1NCCn2c1nnc2C(F)(F)F.C=CCC1c2nnc(C(F)(F)F)n2CCN1C(=O)c1cc(Cc2n[nH]c(=O)c3ccccc23)ccc1F.O=C(O)c1cc(Cc2n[nH]c(=O)c3ccccc23)ccc1F.S.S=S. The molecule has 0 saturated carbocycles. The van der Waals surface area contributed by atoms with Crippen molar-refractivity contribution in [2.24, 2.45) is 0 Å². The number of halogens is 8. The minimum Gasteiger partial charge on any atom is -0.478 e. The Bertz CT molecular complexity index is 3630. The molecule has 0 spiro atoms. The van der Waals surface area contributed by atoms with Gasteiger partial charge < -0.3 is 24.5 Å². The Balaban J connectivity index is 0.000000203. The molecule has 4 N–H and O–H groups in total. The van der Waals surface area contributed by atoms with Crippen molar-refractivity contribution in [2.75, 3.05) is 13.1 Å². The minimum atomic E-state index is -4.70. The Morgan fingerprint density at radius 2 is 1.12 bits per heavy atom. The first-order chi connectivity index (χ1) is 36.8. The molecule has 408 valence electrons. The lowest BCUT2D eigenvalue weighted by molar-refractivity contribution is -0.148. The van der Waals surface area contributed by atoms with Gasteiger partial charge in [-0.05, 0) is 60.4 Å². The fraction of sp³-hybridized carbons (Fsp3) is 0.240. The highest BCUT2D eigenvalue weighted by Gasteiger charge is 2.43. The molecule has 2 atom stereocenters. The van der Waals surface area contributed by atoms with Crippen LogP contribution in [-0.4, -0.2) is 84.9 Å². The van der Waals surface area contributed by atoms with Crippen molar-refractivity contribution in [3.63, 3.8) is 0 Å². The minimum absolute atomic E-state index is 0. The van der Waals surface area contributed by atoms with Gasteiger partial charge in [-0.25, -0.2) is 23.8 Å². The van der Waals surface area contributed by atoms with Crippen LogP contribution in [0, 0.1) is 11.6 Å². The van der Waals surface area contributed by atoms with Gasteiger partial charge in [0, 0.05) is 72.2 Å². The number of benzene rings is 4. The third-order valence-electron chi connectivity index (χ3n) is 12.2. The van der Waals surface area contributed by atoms with Gasteiger partial charge in [0.25, 0.3) is 17.0 Å². The number of carboxylic acid groups (broad SMARTS) is 1. The molecule has 17 nitrogen and oxygen atoms in total. The maximum Gasteiger partial charge on any atom is 0.451 e. The number of aromatic carboxylic acids is 1. The van der Waals surface area contributed by atoms with Crippen LogP contribution in [0.2, 0.25) is 0 Å². The van der Waals surface area contributed by atoms with Gasteiger partial charge in [-0.3, -0.25) is 14.4 Å². The standard InChI is InChI=1S/C25H20F4N6O2.C16H11FN2O3.C9H11F3N4.S2.H2S/c1-2-5-20-21-31-33-24(25(27,28)29)35(21)11-10-34(20)23(37)17-12-14(8-9-18(17)26)13-19-15-6-3-4-7-16(15)22(36)32-30-19;17-13-6-5-9(7-12(13)16(21)22)8-14-10-3-1-2-4-11(10)15(20)19-18-14;1-2-3-6-7-14-15-8(9(10,11)12)16(7)5-4-13-6;1-2;/h2-4,6-9,12,20H,1,5,10-11,13H2,(H,32,36);1-7H,8H2,(H,19,20)(H,21,22);2,6,13H,1,3-5H2;;1H2. The molecule has 2 aliphatic rings. The smallest absolute Gasteiger partial charge is 0.451 e. The van der Waals surface area contributed by atoms with E-state index in [0.29, 0.717) is 62.8 Å². The highest BCUT2D eigenvalue weighted by Crippen LogP contribution is 2.36. The van der Waals surface area contributed by atoms with Crippen molar-refractivity contribution < 1.29 is 49.8 Å². The second kappa shape index (κ2) is 25.5. The molecule has 2 unspecified atom stereocenters. The van der Waals surface area contributed by atoms with Gasteiger partial charge in [-0.15, -0.1) is 33.6 Å². The third-order valence-corrected chi connectivity index (χ3v) is 12.2. The van der Waals surface area contributed by atoms with Crippen LogP contribution in [0.5, 0.6) is 0 Å². The third kappa shape index (κ3) is 13.1. The van der Waals surface area contributed by atoms with Crippen LogP contribution in [0.4, 0.5) is 35.1 Å². The van der Waals surface area contributed by atoms with Crippen LogP contribution >= 0.6 is 13.5 Å². The highest BCUT2D eigenvalue weighted by molar-refractivity contribution is 8.07. The van der Waals surface area contributed by atoms with Crippen LogP contribution < -0.4 is 16.4 Å². The molecule has 4 aromatic carbocycles. The van der Waals surface area contributed by atoms with Gasteiger partial charge in [0.2, 0.25) is 11.6 Å². The van der Waals surface area contributed by atoms with E-state index in [1.165, 1.54) is 35.2 Å². The summed E-state index contributed by atoms with van der Waals surface area (Å²) in [7, 11) is 0. The molecule has 4 aromatic heterocycles. The van der Waals surface area contributed by atoms with Crippen molar-refractivity contribution in [1.82, 2.24) is 60.1 Å². The quantitative estimate of drug-likeness (QED) is 0.0753. The molecule has 1 amide bonds. The Kier molecular flexibility index (Phi) is 19.4. The summed E-state index contributed by atoms with van der Waals surface area (Å²) in [4.78, 5) is 49.6. The van der Waals surface area contributed by atoms with Gasteiger partial charge in [-0.1, -0.05) is 60.7 Å². The van der Waals surface area contributed by atoms with E-state index in [0.717, 1.165) is 21.3 Å². The number of carboxylic acids is 1. The summed E-state index contributed by atoms with van der Waals surface area (Å²) in [5.74, 6) is -5.32. The highest BCUT2D eigenvalue weighted by atomic mass is 32.8. The van der Waals surface area contributed by atoms with Crippen molar-refractivity contribution >= 4 is 69.3 Å². The number of aromatic nitrogens is 10. The largest absolute Gasteiger partial charge is 0.478 e. The summed E-state index contributed by atoms with van der Waals surface area (Å²) in [6, 6.07) is 20.8. The number of rotatable bonds is 10. The molecule has 0 fully saturated rings. The summed E-state index contributed by atoms with van der Waals surface area (Å²) in [6.07, 6.45) is -4.89.